The van der Waals surface area contributed by atoms with E-state index in [1.165, 1.54) is 0 Å². The first-order chi connectivity index (χ1) is 8.81. The van der Waals surface area contributed by atoms with E-state index in [9.17, 15) is 0 Å². The van der Waals surface area contributed by atoms with Crippen LogP contribution < -0.4 is 5.32 Å². The van der Waals surface area contributed by atoms with Gasteiger partial charge in [0, 0.05) is 33.2 Å². The average molecular weight is 381 g/mol. The van der Waals surface area contributed by atoms with Gasteiger partial charge in [-0.05, 0) is 6.42 Å². The maximum Gasteiger partial charge on any atom is 0.194 e. The van der Waals surface area contributed by atoms with Gasteiger partial charge in [0.1, 0.15) is 0 Å². The number of methoxy groups -OCH3 is 1. The van der Waals surface area contributed by atoms with Gasteiger partial charge in [-0.15, -0.1) is 30.4 Å². The summed E-state index contributed by atoms with van der Waals surface area (Å²) in [5, 5.41) is 3.14. The Hall–Kier alpha value is -0.520. The summed E-state index contributed by atoms with van der Waals surface area (Å²) in [6.07, 6.45) is 6.36. The lowest BCUT2D eigenvalue weighted by atomic mass is 10.1. The number of hydrogen-bond acceptors (Lipinski definition) is 3. The molecule has 0 saturated carbocycles. The monoisotopic (exact) mass is 381 g/mol. The van der Waals surface area contributed by atoms with Gasteiger partial charge < -0.3 is 19.7 Å². The molecule has 110 valence electrons. The van der Waals surface area contributed by atoms with Crippen molar-refractivity contribution in [2.75, 3.05) is 53.6 Å². The van der Waals surface area contributed by atoms with Crippen molar-refractivity contribution in [2.45, 2.75) is 6.42 Å². The fourth-order valence-corrected chi connectivity index (χ4v) is 2.02. The Balaban J connectivity index is 0.00000324. The zero-order valence-electron chi connectivity index (χ0n) is 11.7. The fourth-order valence-electron chi connectivity index (χ4n) is 2.02. The SMILES string of the molecule is C#CCNC(=NC)N1CCC(COCCOC)C1.I. The van der Waals surface area contributed by atoms with E-state index in [0.29, 0.717) is 25.7 Å². The summed E-state index contributed by atoms with van der Waals surface area (Å²) in [7, 11) is 3.46. The maximum atomic E-state index is 5.56. The van der Waals surface area contributed by atoms with Crippen LogP contribution in [0.25, 0.3) is 0 Å². The van der Waals surface area contributed by atoms with Crippen molar-refractivity contribution in [2.24, 2.45) is 10.9 Å². The van der Waals surface area contributed by atoms with Crippen molar-refractivity contribution in [3.8, 4) is 12.3 Å². The van der Waals surface area contributed by atoms with Crippen molar-refractivity contribution in [3.05, 3.63) is 0 Å². The highest BCUT2D eigenvalue weighted by Gasteiger charge is 2.24. The molecule has 1 aliphatic heterocycles. The maximum absolute atomic E-state index is 5.56. The van der Waals surface area contributed by atoms with Gasteiger partial charge in [0.2, 0.25) is 0 Å². The fraction of sp³-hybridized carbons (Fsp3) is 0.769. The number of rotatable bonds is 6. The van der Waals surface area contributed by atoms with Gasteiger partial charge >= 0.3 is 0 Å². The minimum atomic E-state index is 0. The number of likely N-dealkylation sites (tertiary alicyclic amines) is 1. The van der Waals surface area contributed by atoms with Crippen LogP contribution in [0, 0.1) is 18.3 Å². The molecule has 0 spiro atoms. The Morgan fingerprint density at radius 3 is 2.95 bits per heavy atom. The number of ether oxygens (including phenoxy) is 2. The molecule has 1 aliphatic rings. The zero-order chi connectivity index (χ0) is 13.2. The van der Waals surface area contributed by atoms with Crippen molar-refractivity contribution in [1.82, 2.24) is 10.2 Å². The van der Waals surface area contributed by atoms with E-state index in [1.54, 1.807) is 14.2 Å². The van der Waals surface area contributed by atoms with Gasteiger partial charge in [-0.25, -0.2) is 0 Å². The van der Waals surface area contributed by atoms with E-state index in [4.69, 9.17) is 15.9 Å². The number of nitrogens with one attached hydrogen (secondary N) is 1. The summed E-state index contributed by atoms with van der Waals surface area (Å²) in [6, 6.07) is 0. The lowest BCUT2D eigenvalue weighted by Crippen LogP contribution is -2.40. The van der Waals surface area contributed by atoms with E-state index < -0.39 is 0 Å². The number of hydrogen-bond donors (Lipinski definition) is 1. The predicted molar refractivity (Wildman–Crippen MR) is 88.0 cm³/mol. The minimum Gasteiger partial charge on any atom is -0.382 e. The first-order valence-electron chi connectivity index (χ1n) is 6.27. The molecule has 1 N–H and O–H groups in total. The van der Waals surface area contributed by atoms with E-state index in [-0.39, 0.29) is 24.0 Å². The molecule has 1 fully saturated rings. The molecule has 0 aromatic heterocycles. The number of guanidine groups is 1. The highest BCUT2D eigenvalue weighted by Crippen LogP contribution is 2.16. The summed E-state index contributed by atoms with van der Waals surface area (Å²) in [6.45, 7) is 4.59. The van der Waals surface area contributed by atoms with Gasteiger partial charge in [-0.2, -0.15) is 0 Å². The molecular formula is C13H24IN3O2. The third-order valence-electron chi connectivity index (χ3n) is 2.93. The van der Waals surface area contributed by atoms with Crippen LogP contribution >= 0.6 is 24.0 Å². The number of aliphatic imine (C=N–C) groups is 1. The second kappa shape index (κ2) is 11.3. The molecule has 5 nitrogen and oxygen atoms in total. The second-order valence-electron chi connectivity index (χ2n) is 4.27. The topological polar surface area (TPSA) is 46.1 Å². The summed E-state index contributed by atoms with van der Waals surface area (Å²) >= 11 is 0. The third kappa shape index (κ3) is 6.99. The van der Waals surface area contributed by atoms with Crippen LogP contribution in [0.4, 0.5) is 0 Å². The minimum absolute atomic E-state index is 0. The quantitative estimate of drug-likeness (QED) is 0.243. The van der Waals surface area contributed by atoms with Gasteiger partial charge in [-0.1, -0.05) is 5.92 Å². The number of halogens is 1. The molecule has 6 heteroatoms. The lowest BCUT2D eigenvalue weighted by molar-refractivity contribution is 0.0536. The van der Waals surface area contributed by atoms with Crippen LogP contribution in [0.15, 0.2) is 4.99 Å². The molecule has 0 aromatic rings. The Bertz CT molecular complexity index is 305. The van der Waals surface area contributed by atoms with E-state index in [1.807, 2.05) is 0 Å². The van der Waals surface area contributed by atoms with Gasteiger partial charge in [0.15, 0.2) is 5.96 Å². The van der Waals surface area contributed by atoms with Gasteiger partial charge in [0.25, 0.3) is 0 Å². The van der Waals surface area contributed by atoms with Gasteiger partial charge in [-0.3, -0.25) is 4.99 Å². The van der Waals surface area contributed by atoms with E-state index in [2.05, 4.69) is 21.1 Å². The van der Waals surface area contributed by atoms with Crippen LogP contribution in [0.1, 0.15) is 6.42 Å². The van der Waals surface area contributed by atoms with Gasteiger partial charge in [0.05, 0.1) is 26.4 Å². The summed E-state index contributed by atoms with van der Waals surface area (Å²) in [5.41, 5.74) is 0. The molecule has 0 aromatic carbocycles. The van der Waals surface area contributed by atoms with Crippen LogP contribution in [-0.2, 0) is 9.47 Å². The first-order valence-corrected chi connectivity index (χ1v) is 6.27. The van der Waals surface area contributed by atoms with E-state index >= 15 is 0 Å². The van der Waals surface area contributed by atoms with Crippen LogP contribution in [0.3, 0.4) is 0 Å². The predicted octanol–water partition coefficient (Wildman–Crippen LogP) is 0.798. The Kier molecular flexibility index (Phi) is 11.0. The molecule has 1 atom stereocenters. The lowest BCUT2D eigenvalue weighted by Gasteiger charge is -2.20. The second-order valence-corrected chi connectivity index (χ2v) is 4.27. The van der Waals surface area contributed by atoms with Crippen molar-refractivity contribution in [1.29, 1.82) is 0 Å². The first kappa shape index (κ1) is 18.5. The van der Waals surface area contributed by atoms with Crippen LogP contribution in [-0.4, -0.2) is 64.5 Å². The van der Waals surface area contributed by atoms with Crippen LogP contribution in [0.5, 0.6) is 0 Å². The molecule has 19 heavy (non-hydrogen) atoms. The molecule has 1 heterocycles. The summed E-state index contributed by atoms with van der Waals surface area (Å²) in [5.74, 6) is 4.00. The zero-order valence-corrected chi connectivity index (χ0v) is 14.1. The standard InChI is InChI=1S/C13H23N3O2.HI/c1-4-6-15-13(14-2)16-7-5-12(10-16)11-18-9-8-17-3;/h1,12H,5-11H2,2-3H3,(H,14,15);1H. The average Bonchev–Trinajstić information content (AvgIpc) is 2.84. The number of terminal acetylenes is 1. The molecule has 0 bridgehead atoms. The molecule has 1 rings (SSSR count). The normalized spacial score (nSPS) is 18.9. The molecule has 1 unspecified atom stereocenters. The molecule has 0 radical (unpaired) electrons. The Morgan fingerprint density at radius 1 is 1.53 bits per heavy atom. The third-order valence-corrected chi connectivity index (χ3v) is 2.93. The molecular weight excluding hydrogens is 357 g/mol. The van der Waals surface area contributed by atoms with Crippen molar-refractivity contribution in [3.63, 3.8) is 0 Å². The van der Waals surface area contributed by atoms with E-state index in [0.717, 1.165) is 32.1 Å². The Labute approximate surface area is 133 Å². The summed E-state index contributed by atoms with van der Waals surface area (Å²) < 4.78 is 10.5. The van der Waals surface area contributed by atoms with Crippen LogP contribution in [0.2, 0.25) is 0 Å². The molecule has 0 amide bonds. The Morgan fingerprint density at radius 2 is 2.32 bits per heavy atom. The highest BCUT2D eigenvalue weighted by atomic mass is 127. The molecule has 0 aliphatic carbocycles. The summed E-state index contributed by atoms with van der Waals surface area (Å²) in [4.78, 5) is 6.45. The van der Waals surface area contributed by atoms with Crippen molar-refractivity contribution >= 4 is 29.9 Å². The van der Waals surface area contributed by atoms with Crippen molar-refractivity contribution < 1.29 is 9.47 Å². The number of nitrogens with zero attached hydrogens (tertiary/aromatic N) is 2. The smallest absolute Gasteiger partial charge is 0.194 e. The molecule has 1 saturated heterocycles. The highest BCUT2D eigenvalue weighted by molar-refractivity contribution is 14.0. The largest absolute Gasteiger partial charge is 0.382 e.